The third kappa shape index (κ3) is 3.57. The summed E-state index contributed by atoms with van der Waals surface area (Å²) in [6, 6.07) is 7.39. The highest BCUT2D eigenvalue weighted by Gasteiger charge is 2.34. The van der Waals surface area contributed by atoms with Gasteiger partial charge in [-0.25, -0.2) is 9.78 Å². The number of aromatic nitrogens is 1. The molecule has 6 nitrogen and oxygen atoms in total. The van der Waals surface area contributed by atoms with E-state index in [4.69, 9.17) is 9.84 Å². The zero-order valence-corrected chi connectivity index (χ0v) is 13.3. The van der Waals surface area contributed by atoms with E-state index in [2.05, 4.69) is 10.3 Å². The molecule has 2 N–H and O–H groups in total. The summed E-state index contributed by atoms with van der Waals surface area (Å²) in [5.41, 5.74) is 2.43. The van der Waals surface area contributed by atoms with Crippen LogP contribution in [0.15, 0.2) is 29.6 Å². The highest BCUT2D eigenvalue weighted by Crippen LogP contribution is 2.25. The Balaban J connectivity index is 1.69. The maximum atomic E-state index is 12.2. The number of rotatable bonds is 4. The number of hydrogen-bond donors (Lipinski definition) is 2. The second-order valence-corrected chi connectivity index (χ2v) is 6.41. The van der Waals surface area contributed by atoms with Crippen molar-refractivity contribution in [3.63, 3.8) is 0 Å². The van der Waals surface area contributed by atoms with Crippen LogP contribution in [0.5, 0.6) is 0 Å². The molecule has 0 unspecified atom stereocenters. The molecule has 1 fully saturated rings. The molecule has 2 heterocycles. The highest BCUT2D eigenvalue weighted by atomic mass is 32.1. The van der Waals surface area contributed by atoms with Crippen LogP contribution in [0.1, 0.15) is 17.8 Å². The molecule has 1 aromatic carbocycles. The average Bonchev–Trinajstić information content (AvgIpc) is 3.16. The molecule has 0 saturated carbocycles. The van der Waals surface area contributed by atoms with Gasteiger partial charge in [-0.1, -0.05) is 12.1 Å². The first-order chi connectivity index (χ1) is 11.0. The van der Waals surface area contributed by atoms with Crippen molar-refractivity contribution in [2.45, 2.75) is 32.0 Å². The van der Waals surface area contributed by atoms with Crippen LogP contribution < -0.4 is 5.32 Å². The predicted octanol–water partition coefficient (Wildman–Crippen LogP) is 2.69. The van der Waals surface area contributed by atoms with Crippen LogP contribution in [0.3, 0.4) is 0 Å². The Morgan fingerprint density at radius 3 is 2.78 bits per heavy atom. The number of ether oxygens (including phenoxy) is 1. The smallest absolute Gasteiger partial charge is 0.332 e. The number of aryl methyl sites for hydroxylation is 1. The number of thiazole rings is 1. The van der Waals surface area contributed by atoms with Crippen LogP contribution in [0.25, 0.3) is 11.3 Å². The van der Waals surface area contributed by atoms with Crippen LogP contribution in [0.4, 0.5) is 5.69 Å². The SMILES string of the molecule is Cc1nc(-c2cccc(NC(=O)[C@@H]3CC[C@H](C(=O)O)O3)c2)cs1. The van der Waals surface area contributed by atoms with E-state index in [1.165, 1.54) is 0 Å². The van der Waals surface area contributed by atoms with Gasteiger partial charge in [0.25, 0.3) is 5.91 Å². The second-order valence-electron chi connectivity index (χ2n) is 5.35. The number of aliphatic carboxylic acids is 1. The lowest BCUT2D eigenvalue weighted by Gasteiger charge is -2.12. The van der Waals surface area contributed by atoms with Gasteiger partial charge in [-0.3, -0.25) is 4.79 Å². The number of benzene rings is 1. The number of carboxylic acid groups (broad SMARTS) is 1. The molecule has 3 rings (SSSR count). The van der Waals surface area contributed by atoms with E-state index >= 15 is 0 Å². The third-order valence-corrected chi connectivity index (χ3v) is 4.41. The van der Waals surface area contributed by atoms with E-state index in [0.717, 1.165) is 16.3 Å². The number of nitrogens with zero attached hydrogens (tertiary/aromatic N) is 1. The number of carbonyl (C=O) groups is 2. The first-order valence-electron chi connectivity index (χ1n) is 7.24. The van der Waals surface area contributed by atoms with Crippen LogP contribution in [0.2, 0.25) is 0 Å². The molecule has 23 heavy (non-hydrogen) atoms. The van der Waals surface area contributed by atoms with Crippen molar-refractivity contribution < 1.29 is 19.4 Å². The maximum Gasteiger partial charge on any atom is 0.332 e. The Hall–Kier alpha value is -2.25. The molecule has 1 aromatic heterocycles. The Morgan fingerprint density at radius 1 is 1.35 bits per heavy atom. The summed E-state index contributed by atoms with van der Waals surface area (Å²) in [4.78, 5) is 27.5. The van der Waals surface area contributed by atoms with E-state index in [0.29, 0.717) is 18.5 Å². The highest BCUT2D eigenvalue weighted by molar-refractivity contribution is 7.09. The fraction of sp³-hybridized carbons (Fsp3) is 0.312. The minimum Gasteiger partial charge on any atom is -0.479 e. The molecule has 0 spiro atoms. The van der Waals surface area contributed by atoms with Crippen molar-refractivity contribution >= 4 is 28.9 Å². The first-order valence-corrected chi connectivity index (χ1v) is 8.12. The van der Waals surface area contributed by atoms with Crippen LogP contribution >= 0.6 is 11.3 Å². The van der Waals surface area contributed by atoms with Crippen molar-refractivity contribution in [2.75, 3.05) is 5.32 Å². The van der Waals surface area contributed by atoms with Gasteiger partial charge < -0.3 is 15.2 Å². The summed E-state index contributed by atoms with van der Waals surface area (Å²) in [6.45, 7) is 1.94. The van der Waals surface area contributed by atoms with Gasteiger partial charge in [-0.2, -0.15) is 0 Å². The molecule has 0 bridgehead atoms. The minimum atomic E-state index is -1.03. The molecule has 1 aliphatic rings. The average molecular weight is 332 g/mol. The van der Waals surface area contributed by atoms with E-state index in [-0.39, 0.29) is 5.91 Å². The number of anilines is 1. The van der Waals surface area contributed by atoms with Gasteiger partial charge in [-0.15, -0.1) is 11.3 Å². The predicted molar refractivity (Wildman–Crippen MR) is 86.4 cm³/mol. The Labute approximate surface area is 137 Å². The summed E-state index contributed by atoms with van der Waals surface area (Å²) in [5.74, 6) is -1.35. The number of carbonyl (C=O) groups excluding carboxylic acids is 1. The van der Waals surface area contributed by atoms with Crippen LogP contribution in [0, 0.1) is 6.92 Å². The van der Waals surface area contributed by atoms with Crippen molar-refractivity contribution in [3.05, 3.63) is 34.7 Å². The zero-order chi connectivity index (χ0) is 16.4. The largest absolute Gasteiger partial charge is 0.479 e. The van der Waals surface area contributed by atoms with Crippen molar-refractivity contribution in [1.29, 1.82) is 0 Å². The van der Waals surface area contributed by atoms with Crippen molar-refractivity contribution in [2.24, 2.45) is 0 Å². The molecule has 2 atom stereocenters. The quantitative estimate of drug-likeness (QED) is 0.898. The molecule has 1 amide bonds. The molecular formula is C16H16N2O4S. The molecule has 120 valence electrons. The summed E-state index contributed by atoms with van der Waals surface area (Å²) < 4.78 is 5.25. The number of carboxylic acids is 1. The van der Waals surface area contributed by atoms with E-state index in [1.54, 1.807) is 17.4 Å². The van der Waals surface area contributed by atoms with Gasteiger partial charge in [0.2, 0.25) is 0 Å². The Kier molecular flexibility index (Phi) is 4.40. The lowest BCUT2D eigenvalue weighted by Crippen LogP contribution is -2.29. The molecule has 1 aliphatic heterocycles. The summed E-state index contributed by atoms with van der Waals surface area (Å²) in [6.07, 6.45) is -0.851. The Bertz CT molecular complexity index is 743. The standard InChI is InChI=1S/C16H16N2O4S/c1-9-17-12(8-23-9)10-3-2-4-11(7-10)18-15(19)13-5-6-14(22-13)16(20)21/h2-4,7-8,13-14H,5-6H2,1H3,(H,18,19)(H,20,21)/t13-,14+/m0/s1. The molecule has 0 aliphatic carbocycles. The summed E-state index contributed by atoms with van der Waals surface area (Å²) in [5, 5.41) is 14.6. The Morgan fingerprint density at radius 2 is 2.13 bits per heavy atom. The van der Waals surface area contributed by atoms with Crippen molar-refractivity contribution in [3.8, 4) is 11.3 Å². The van der Waals surface area contributed by atoms with Gasteiger partial charge >= 0.3 is 5.97 Å². The fourth-order valence-corrected chi connectivity index (χ4v) is 3.11. The van der Waals surface area contributed by atoms with Gasteiger partial charge in [0.1, 0.15) is 6.10 Å². The van der Waals surface area contributed by atoms with Gasteiger partial charge in [0.15, 0.2) is 6.10 Å². The molecular weight excluding hydrogens is 316 g/mol. The van der Waals surface area contributed by atoms with Crippen molar-refractivity contribution in [1.82, 2.24) is 4.98 Å². The molecule has 1 saturated heterocycles. The van der Waals surface area contributed by atoms with E-state index in [1.807, 2.05) is 30.5 Å². The van der Waals surface area contributed by atoms with E-state index in [9.17, 15) is 9.59 Å². The maximum absolute atomic E-state index is 12.2. The van der Waals surface area contributed by atoms with Gasteiger partial charge in [0, 0.05) is 16.6 Å². The second kappa shape index (κ2) is 6.47. The summed E-state index contributed by atoms with van der Waals surface area (Å²) >= 11 is 1.57. The third-order valence-electron chi connectivity index (χ3n) is 3.63. The summed E-state index contributed by atoms with van der Waals surface area (Å²) in [7, 11) is 0. The van der Waals surface area contributed by atoms with Gasteiger partial charge in [-0.05, 0) is 31.9 Å². The lowest BCUT2D eigenvalue weighted by atomic mass is 10.1. The monoisotopic (exact) mass is 332 g/mol. The number of hydrogen-bond acceptors (Lipinski definition) is 5. The van der Waals surface area contributed by atoms with Gasteiger partial charge in [0.05, 0.1) is 10.7 Å². The first kappa shape index (κ1) is 15.6. The van der Waals surface area contributed by atoms with E-state index < -0.39 is 18.2 Å². The molecule has 2 aromatic rings. The fourth-order valence-electron chi connectivity index (χ4n) is 2.49. The zero-order valence-electron chi connectivity index (χ0n) is 12.5. The topological polar surface area (TPSA) is 88.5 Å². The lowest BCUT2D eigenvalue weighted by molar-refractivity contribution is -0.150. The van der Waals surface area contributed by atoms with Crippen LogP contribution in [-0.2, 0) is 14.3 Å². The van der Waals surface area contributed by atoms with Crippen LogP contribution in [-0.4, -0.2) is 34.2 Å². The minimum absolute atomic E-state index is 0.319. The molecule has 7 heteroatoms. The molecule has 0 radical (unpaired) electrons. The normalized spacial score (nSPS) is 20.4. The number of amides is 1. The number of nitrogens with one attached hydrogen (secondary N) is 1.